The molecule has 0 saturated carbocycles. The molecule has 7 nitrogen and oxygen atoms in total. The van der Waals surface area contributed by atoms with Gasteiger partial charge in [0.15, 0.2) is 0 Å². The van der Waals surface area contributed by atoms with Crippen molar-refractivity contribution in [3.8, 4) is 0 Å². The van der Waals surface area contributed by atoms with Crippen molar-refractivity contribution >= 4 is 17.3 Å². The smallest absolute Gasteiger partial charge is 0.328 e. The first-order chi connectivity index (χ1) is 11.5. The predicted molar refractivity (Wildman–Crippen MR) is 89.6 cm³/mol. The van der Waals surface area contributed by atoms with E-state index in [4.69, 9.17) is 4.74 Å². The maximum absolute atomic E-state index is 12.1. The molecule has 1 aromatic carbocycles. The Morgan fingerprint density at radius 1 is 1.50 bits per heavy atom. The lowest BCUT2D eigenvalue weighted by atomic mass is 9.94. The third-order valence-corrected chi connectivity index (χ3v) is 4.56. The lowest BCUT2D eigenvalue weighted by molar-refractivity contribution is -0.384. The molecule has 0 bridgehead atoms. The van der Waals surface area contributed by atoms with Crippen LogP contribution in [-0.4, -0.2) is 30.6 Å². The summed E-state index contributed by atoms with van der Waals surface area (Å²) in [5, 5.41) is 14.6. The number of esters is 1. The normalized spacial score (nSPS) is 19.8. The monoisotopic (exact) mass is 331 g/mol. The average Bonchev–Trinajstić information content (AvgIpc) is 2.77. The van der Waals surface area contributed by atoms with E-state index in [2.05, 4.69) is 5.32 Å². The molecule has 0 aliphatic carbocycles. The van der Waals surface area contributed by atoms with Crippen molar-refractivity contribution in [1.82, 2.24) is 5.32 Å². The Morgan fingerprint density at radius 2 is 2.29 bits per heavy atom. The van der Waals surface area contributed by atoms with E-state index in [1.165, 1.54) is 11.6 Å². The number of benzene rings is 1. The Morgan fingerprint density at radius 3 is 3.00 bits per heavy atom. The number of hydrogen-bond donors (Lipinski definition) is 1. The van der Waals surface area contributed by atoms with Crippen molar-refractivity contribution in [1.29, 1.82) is 0 Å². The highest BCUT2D eigenvalue weighted by molar-refractivity contribution is 5.78. The minimum atomic E-state index is -0.413. The second-order valence-corrected chi connectivity index (χ2v) is 6.07. The molecule has 1 aromatic rings. The minimum Gasteiger partial charge on any atom is -0.464 e. The number of hydrogen-bond acceptors (Lipinski definition) is 6. The van der Waals surface area contributed by atoms with Gasteiger partial charge in [-0.15, -0.1) is 0 Å². The van der Waals surface area contributed by atoms with Crippen molar-refractivity contribution in [3.05, 3.63) is 45.3 Å². The van der Waals surface area contributed by atoms with Crippen LogP contribution in [0.3, 0.4) is 0 Å². The topological polar surface area (TPSA) is 84.7 Å². The zero-order valence-electron chi connectivity index (χ0n) is 13.9. The van der Waals surface area contributed by atoms with Gasteiger partial charge in [-0.25, -0.2) is 4.79 Å². The molecule has 7 heteroatoms. The molecule has 24 heavy (non-hydrogen) atoms. The number of rotatable bonds is 3. The summed E-state index contributed by atoms with van der Waals surface area (Å²) in [6, 6.07) is 4.75. The van der Waals surface area contributed by atoms with Crippen LogP contribution in [-0.2, 0) is 16.0 Å². The van der Waals surface area contributed by atoms with Crippen LogP contribution < -0.4 is 10.2 Å². The molecule has 128 valence electrons. The maximum Gasteiger partial charge on any atom is 0.328 e. The molecule has 0 radical (unpaired) electrons. The van der Waals surface area contributed by atoms with Gasteiger partial charge in [-0.2, -0.15) is 0 Å². The quantitative estimate of drug-likeness (QED) is 0.520. The van der Waals surface area contributed by atoms with E-state index < -0.39 is 6.04 Å². The molecule has 0 spiro atoms. The third kappa shape index (κ3) is 2.81. The number of nitrogens with zero attached hydrogens (tertiary/aromatic N) is 2. The van der Waals surface area contributed by atoms with E-state index in [1.54, 1.807) is 20.0 Å². The molecule has 0 fully saturated rings. The Hall–Kier alpha value is -2.57. The summed E-state index contributed by atoms with van der Waals surface area (Å²) in [4.78, 5) is 24.9. The SMILES string of the molecule is CCOC(=O)C1CCCC2=C(N1)N(C)c1c(cccc1[N+](=O)[O-])C2. The summed E-state index contributed by atoms with van der Waals surface area (Å²) in [5.41, 5.74) is 2.80. The molecular formula is C17H21N3O4. The zero-order chi connectivity index (χ0) is 17.3. The standard InChI is InChI=1S/C17H21N3O4/c1-3-24-17(21)13-8-4-7-12-10-11-6-5-9-14(20(22)23)15(11)19(2)16(12)18-13/h5-6,9,13,18H,3-4,7-8,10H2,1-2H3. The first-order valence-corrected chi connectivity index (χ1v) is 8.18. The minimum absolute atomic E-state index is 0.0836. The number of nitrogens with one attached hydrogen (secondary N) is 1. The lowest BCUT2D eigenvalue weighted by Crippen LogP contribution is -2.43. The van der Waals surface area contributed by atoms with Crippen molar-refractivity contribution in [2.45, 2.75) is 38.6 Å². The highest BCUT2D eigenvalue weighted by Crippen LogP contribution is 2.40. The number of nitro benzene ring substituents is 1. The molecule has 2 aliphatic heterocycles. The zero-order valence-corrected chi connectivity index (χ0v) is 13.9. The predicted octanol–water partition coefficient (Wildman–Crippen LogP) is 2.50. The van der Waals surface area contributed by atoms with E-state index in [0.29, 0.717) is 25.1 Å². The molecule has 1 atom stereocenters. The van der Waals surface area contributed by atoms with E-state index in [9.17, 15) is 14.9 Å². The van der Waals surface area contributed by atoms with Gasteiger partial charge in [-0.3, -0.25) is 10.1 Å². The van der Waals surface area contributed by atoms with Gasteiger partial charge >= 0.3 is 5.97 Å². The number of para-hydroxylation sites is 1. The van der Waals surface area contributed by atoms with Gasteiger partial charge < -0.3 is 15.0 Å². The van der Waals surface area contributed by atoms with E-state index in [1.807, 2.05) is 11.0 Å². The summed E-state index contributed by atoms with van der Waals surface area (Å²) in [6.07, 6.45) is 3.11. The summed E-state index contributed by atoms with van der Waals surface area (Å²) >= 11 is 0. The van der Waals surface area contributed by atoms with Gasteiger partial charge in [0.1, 0.15) is 17.6 Å². The number of carbonyl (C=O) groups is 1. The Kier molecular flexibility index (Phi) is 4.42. The van der Waals surface area contributed by atoms with Crippen molar-refractivity contribution in [2.75, 3.05) is 18.6 Å². The van der Waals surface area contributed by atoms with Crippen LogP contribution in [0, 0.1) is 10.1 Å². The average molecular weight is 331 g/mol. The van der Waals surface area contributed by atoms with Gasteiger partial charge in [0.05, 0.1) is 11.5 Å². The van der Waals surface area contributed by atoms with Gasteiger partial charge in [-0.1, -0.05) is 12.1 Å². The van der Waals surface area contributed by atoms with E-state index >= 15 is 0 Å². The number of ether oxygens (including phenoxy) is 1. The van der Waals surface area contributed by atoms with Crippen LogP contribution in [0.25, 0.3) is 0 Å². The van der Waals surface area contributed by atoms with Crippen LogP contribution in [0.2, 0.25) is 0 Å². The fourth-order valence-electron chi connectivity index (χ4n) is 3.50. The molecule has 1 unspecified atom stereocenters. The second kappa shape index (κ2) is 6.51. The first kappa shape index (κ1) is 16.3. The first-order valence-electron chi connectivity index (χ1n) is 8.18. The number of fused-ring (bicyclic) bond motifs is 1. The molecule has 2 aliphatic rings. The van der Waals surface area contributed by atoms with Gasteiger partial charge in [0.2, 0.25) is 0 Å². The highest BCUT2D eigenvalue weighted by Gasteiger charge is 2.33. The van der Waals surface area contributed by atoms with E-state index in [0.717, 1.165) is 24.2 Å². The van der Waals surface area contributed by atoms with Crippen molar-refractivity contribution in [2.24, 2.45) is 0 Å². The molecular weight excluding hydrogens is 310 g/mol. The number of carbonyl (C=O) groups excluding carboxylic acids is 1. The molecule has 0 aromatic heterocycles. The summed E-state index contributed by atoms with van der Waals surface area (Å²) in [7, 11) is 1.81. The molecule has 3 rings (SSSR count). The van der Waals surface area contributed by atoms with Crippen LogP contribution in [0.1, 0.15) is 31.7 Å². The number of anilines is 1. The number of allylic oxidation sites excluding steroid dienone is 1. The summed E-state index contributed by atoms with van der Waals surface area (Å²) in [5.74, 6) is 0.528. The van der Waals surface area contributed by atoms with Gasteiger partial charge in [0.25, 0.3) is 5.69 Å². The molecule has 1 N–H and O–H groups in total. The van der Waals surface area contributed by atoms with Gasteiger partial charge in [-0.05, 0) is 43.7 Å². The fourth-order valence-corrected chi connectivity index (χ4v) is 3.50. The van der Waals surface area contributed by atoms with Crippen LogP contribution in [0.15, 0.2) is 29.6 Å². The second-order valence-electron chi connectivity index (χ2n) is 6.07. The largest absolute Gasteiger partial charge is 0.464 e. The van der Waals surface area contributed by atoms with Crippen LogP contribution in [0.5, 0.6) is 0 Å². The Labute approximate surface area is 140 Å². The van der Waals surface area contributed by atoms with Crippen LogP contribution >= 0.6 is 0 Å². The summed E-state index contributed by atoms with van der Waals surface area (Å²) < 4.78 is 5.13. The van der Waals surface area contributed by atoms with Gasteiger partial charge in [0, 0.05) is 13.1 Å². The van der Waals surface area contributed by atoms with Crippen LogP contribution in [0.4, 0.5) is 11.4 Å². The number of nitro groups is 1. The molecule has 2 heterocycles. The Bertz CT molecular complexity index is 714. The van der Waals surface area contributed by atoms with Crippen molar-refractivity contribution in [3.63, 3.8) is 0 Å². The lowest BCUT2D eigenvalue weighted by Gasteiger charge is -2.33. The molecule has 0 amide bonds. The Balaban J connectivity index is 1.96. The highest BCUT2D eigenvalue weighted by atomic mass is 16.6. The maximum atomic E-state index is 12.1. The third-order valence-electron chi connectivity index (χ3n) is 4.56. The van der Waals surface area contributed by atoms with Crippen molar-refractivity contribution < 1.29 is 14.5 Å². The fraction of sp³-hybridized carbons (Fsp3) is 0.471. The molecule has 0 saturated heterocycles. The summed E-state index contributed by atoms with van der Waals surface area (Å²) in [6.45, 7) is 2.12. The van der Waals surface area contributed by atoms with E-state index in [-0.39, 0.29) is 16.6 Å².